The van der Waals surface area contributed by atoms with Crippen LogP contribution >= 0.6 is 0 Å². The second kappa shape index (κ2) is 7.72. The number of unbranched alkanes of at least 4 members (excludes halogenated alkanes) is 1. The first-order valence-corrected chi connectivity index (χ1v) is 7.66. The van der Waals surface area contributed by atoms with Gasteiger partial charge in [-0.1, -0.05) is 35.9 Å². The van der Waals surface area contributed by atoms with Gasteiger partial charge >= 0.3 is 0 Å². The van der Waals surface area contributed by atoms with Crippen LogP contribution in [0.5, 0.6) is 5.75 Å². The van der Waals surface area contributed by atoms with E-state index in [1.807, 2.05) is 18.2 Å². The molecule has 0 aromatic heterocycles. The Morgan fingerprint density at radius 2 is 1.71 bits per heavy atom. The third kappa shape index (κ3) is 4.82. The Bertz CT molecular complexity index is 578. The molecule has 0 bridgehead atoms. The van der Waals surface area contributed by atoms with Gasteiger partial charge in [-0.15, -0.1) is 0 Å². The molecule has 2 heteroatoms. The highest BCUT2D eigenvalue weighted by molar-refractivity contribution is 5.51. The number of aryl methyl sites for hydroxylation is 3. The molecule has 21 heavy (non-hydrogen) atoms. The van der Waals surface area contributed by atoms with Crippen molar-refractivity contribution in [2.24, 2.45) is 0 Å². The average molecular weight is 283 g/mol. The molecule has 2 aromatic carbocycles. The third-order valence-corrected chi connectivity index (χ3v) is 3.62. The number of hydrogen-bond acceptors (Lipinski definition) is 2. The van der Waals surface area contributed by atoms with E-state index in [0.29, 0.717) is 0 Å². The molecule has 1 N–H and O–H groups in total. The summed E-state index contributed by atoms with van der Waals surface area (Å²) in [5, 5.41) is 3.49. The zero-order chi connectivity index (χ0) is 15.1. The van der Waals surface area contributed by atoms with Gasteiger partial charge in [-0.05, 0) is 56.9 Å². The Morgan fingerprint density at radius 1 is 0.905 bits per heavy atom. The fourth-order valence-electron chi connectivity index (χ4n) is 2.36. The summed E-state index contributed by atoms with van der Waals surface area (Å²) >= 11 is 0. The van der Waals surface area contributed by atoms with Crippen LogP contribution in [-0.4, -0.2) is 13.2 Å². The van der Waals surface area contributed by atoms with E-state index in [0.717, 1.165) is 31.7 Å². The molecule has 2 nitrogen and oxygen atoms in total. The molecule has 0 saturated carbocycles. The number of benzene rings is 2. The lowest BCUT2D eigenvalue weighted by atomic mass is 10.1. The Balaban J connectivity index is 1.65. The lowest BCUT2D eigenvalue weighted by Crippen LogP contribution is -2.06. The minimum atomic E-state index is 0.777. The number of hydrogen-bond donors (Lipinski definition) is 1. The first kappa shape index (κ1) is 15.4. The van der Waals surface area contributed by atoms with Crippen molar-refractivity contribution in [2.75, 3.05) is 18.5 Å². The Hall–Kier alpha value is -1.96. The van der Waals surface area contributed by atoms with E-state index in [2.05, 4.69) is 50.4 Å². The van der Waals surface area contributed by atoms with Crippen LogP contribution in [0.2, 0.25) is 0 Å². The van der Waals surface area contributed by atoms with Crippen LogP contribution in [0.1, 0.15) is 29.5 Å². The van der Waals surface area contributed by atoms with E-state index in [1.165, 1.54) is 22.4 Å². The van der Waals surface area contributed by atoms with Gasteiger partial charge in [-0.3, -0.25) is 0 Å². The maximum Gasteiger partial charge on any atom is 0.122 e. The summed E-state index contributed by atoms with van der Waals surface area (Å²) in [5.41, 5.74) is 5.06. The maximum atomic E-state index is 5.80. The van der Waals surface area contributed by atoms with Gasteiger partial charge in [0.05, 0.1) is 6.61 Å². The molecule has 0 unspecified atom stereocenters. The Labute approximate surface area is 128 Å². The molecule has 0 amide bonds. The molecule has 2 rings (SSSR count). The van der Waals surface area contributed by atoms with Gasteiger partial charge in [0.25, 0.3) is 0 Å². The van der Waals surface area contributed by atoms with Crippen molar-refractivity contribution in [3.63, 3.8) is 0 Å². The van der Waals surface area contributed by atoms with Crippen molar-refractivity contribution in [1.82, 2.24) is 0 Å². The van der Waals surface area contributed by atoms with Crippen LogP contribution in [0.15, 0.2) is 42.5 Å². The first-order chi connectivity index (χ1) is 10.2. The predicted molar refractivity (Wildman–Crippen MR) is 90.3 cm³/mol. The Kier molecular flexibility index (Phi) is 5.68. The number of ether oxygens (including phenoxy) is 1. The summed E-state index contributed by atoms with van der Waals surface area (Å²) in [5.74, 6) is 1.000. The average Bonchev–Trinajstić information content (AvgIpc) is 2.46. The van der Waals surface area contributed by atoms with Crippen LogP contribution in [0, 0.1) is 20.8 Å². The molecule has 0 fully saturated rings. The van der Waals surface area contributed by atoms with E-state index < -0.39 is 0 Å². The van der Waals surface area contributed by atoms with E-state index in [9.17, 15) is 0 Å². The summed E-state index contributed by atoms with van der Waals surface area (Å²) < 4.78 is 5.80. The molecular formula is C19H25NO. The summed E-state index contributed by atoms with van der Waals surface area (Å²) in [6.07, 6.45) is 2.17. The fourth-order valence-corrected chi connectivity index (χ4v) is 2.36. The van der Waals surface area contributed by atoms with Gasteiger partial charge in [0.2, 0.25) is 0 Å². The number of rotatable bonds is 7. The van der Waals surface area contributed by atoms with E-state index in [4.69, 9.17) is 4.74 Å². The zero-order valence-corrected chi connectivity index (χ0v) is 13.3. The minimum absolute atomic E-state index is 0.777. The van der Waals surface area contributed by atoms with Crippen LogP contribution < -0.4 is 10.1 Å². The van der Waals surface area contributed by atoms with Gasteiger partial charge in [-0.25, -0.2) is 0 Å². The smallest absolute Gasteiger partial charge is 0.122 e. The topological polar surface area (TPSA) is 21.3 Å². The van der Waals surface area contributed by atoms with E-state index in [1.54, 1.807) is 0 Å². The molecule has 0 atom stereocenters. The first-order valence-electron chi connectivity index (χ1n) is 7.66. The fraction of sp³-hybridized carbons (Fsp3) is 0.368. The minimum Gasteiger partial charge on any atom is -0.493 e. The normalized spacial score (nSPS) is 10.4. The monoisotopic (exact) mass is 283 g/mol. The van der Waals surface area contributed by atoms with Crippen LogP contribution in [0.4, 0.5) is 5.69 Å². The van der Waals surface area contributed by atoms with Crippen molar-refractivity contribution < 1.29 is 4.74 Å². The second-order valence-electron chi connectivity index (χ2n) is 5.57. The standard InChI is InChI=1S/C19H25NO/c1-15-10-11-18(17(3)14-15)20-12-6-7-13-21-19-9-5-4-8-16(19)2/h4-5,8-11,14,20H,6-7,12-13H2,1-3H3. The summed E-state index contributed by atoms with van der Waals surface area (Å²) in [6, 6.07) is 14.7. The lowest BCUT2D eigenvalue weighted by Gasteiger charge is -2.11. The molecule has 112 valence electrons. The summed E-state index contributed by atoms with van der Waals surface area (Å²) in [4.78, 5) is 0. The van der Waals surface area contributed by atoms with Crippen molar-refractivity contribution in [3.05, 3.63) is 59.2 Å². The second-order valence-corrected chi connectivity index (χ2v) is 5.57. The lowest BCUT2D eigenvalue weighted by molar-refractivity contribution is 0.306. The summed E-state index contributed by atoms with van der Waals surface area (Å²) in [6.45, 7) is 8.12. The van der Waals surface area contributed by atoms with Crippen LogP contribution in [0.25, 0.3) is 0 Å². The van der Waals surface area contributed by atoms with Crippen molar-refractivity contribution >= 4 is 5.69 Å². The van der Waals surface area contributed by atoms with Crippen molar-refractivity contribution in [3.8, 4) is 5.75 Å². The van der Waals surface area contributed by atoms with Gasteiger partial charge in [0.15, 0.2) is 0 Å². The predicted octanol–water partition coefficient (Wildman–Crippen LogP) is 4.88. The molecule has 0 radical (unpaired) electrons. The largest absolute Gasteiger partial charge is 0.493 e. The zero-order valence-electron chi connectivity index (χ0n) is 13.3. The quantitative estimate of drug-likeness (QED) is 0.731. The maximum absolute atomic E-state index is 5.80. The van der Waals surface area contributed by atoms with Crippen molar-refractivity contribution in [2.45, 2.75) is 33.6 Å². The van der Waals surface area contributed by atoms with E-state index >= 15 is 0 Å². The van der Waals surface area contributed by atoms with Crippen LogP contribution in [0.3, 0.4) is 0 Å². The molecule has 2 aromatic rings. The molecule has 0 saturated heterocycles. The molecular weight excluding hydrogens is 258 g/mol. The molecule has 0 heterocycles. The van der Waals surface area contributed by atoms with Gasteiger partial charge in [-0.2, -0.15) is 0 Å². The number of anilines is 1. The molecule has 0 aliphatic carbocycles. The molecule has 0 spiro atoms. The molecule has 0 aliphatic heterocycles. The van der Waals surface area contributed by atoms with Gasteiger partial charge in [0.1, 0.15) is 5.75 Å². The SMILES string of the molecule is Cc1ccc(NCCCCOc2ccccc2C)c(C)c1. The Morgan fingerprint density at radius 3 is 2.48 bits per heavy atom. The van der Waals surface area contributed by atoms with Gasteiger partial charge < -0.3 is 10.1 Å². The summed E-state index contributed by atoms with van der Waals surface area (Å²) in [7, 11) is 0. The van der Waals surface area contributed by atoms with Crippen molar-refractivity contribution in [1.29, 1.82) is 0 Å². The highest BCUT2D eigenvalue weighted by Gasteiger charge is 1.99. The highest BCUT2D eigenvalue weighted by atomic mass is 16.5. The molecule has 0 aliphatic rings. The number of para-hydroxylation sites is 1. The van der Waals surface area contributed by atoms with E-state index in [-0.39, 0.29) is 0 Å². The van der Waals surface area contributed by atoms with Crippen LogP contribution in [-0.2, 0) is 0 Å². The third-order valence-electron chi connectivity index (χ3n) is 3.62. The highest BCUT2D eigenvalue weighted by Crippen LogP contribution is 2.17. The van der Waals surface area contributed by atoms with Gasteiger partial charge in [0, 0.05) is 12.2 Å². The number of nitrogens with one attached hydrogen (secondary N) is 1.